The average molecular weight is 299 g/mol. The van der Waals surface area contributed by atoms with Gasteiger partial charge >= 0.3 is 12.1 Å². The number of thiol groups is 1. The van der Waals surface area contributed by atoms with E-state index in [0.29, 0.717) is 10.5 Å². The Hall–Kier alpha value is -1.73. The average Bonchev–Trinajstić information content (AvgIpc) is 2.30. The van der Waals surface area contributed by atoms with E-state index in [1.807, 2.05) is 13.0 Å². The Morgan fingerprint density at radius 3 is 2.60 bits per heavy atom. The molecule has 0 saturated carbocycles. The van der Waals surface area contributed by atoms with E-state index in [1.54, 1.807) is 12.1 Å². The molecule has 1 unspecified atom stereocenters. The molecule has 20 heavy (non-hydrogen) atoms. The van der Waals surface area contributed by atoms with Crippen LogP contribution < -0.4 is 5.73 Å². The number of rotatable bonds is 5. The van der Waals surface area contributed by atoms with E-state index in [-0.39, 0.29) is 6.61 Å². The molecule has 0 saturated heterocycles. The lowest BCUT2D eigenvalue weighted by molar-refractivity contribution is -0.145. The summed E-state index contributed by atoms with van der Waals surface area (Å²) in [6, 6.07) is 5.32. The van der Waals surface area contributed by atoms with Crippen LogP contribution in [-0.2, 0) is 14.3 Å². The summed E-state index contributed by atoms with van der Waals surface area (Å²) in [6.45, 7) is 2.98. The van der Waals surface area contributed by atoms with E-state index >= 15 is 0 Å². The number of hydrogen-bond donors (Lipinski definition) is 3. The van der Waals surface area contributed by atoms with Crippen LogP contribution in [0.2, 0.25) is 0 Å². The summed E-state index contributed by atoms with van der Waals surface area (Å²) in [7, 11) is 0. The molecule has 3 N–H and O–H groups in total. The molecule has 110 valence electrons. The van der Waals surface area contributed by atoms with Crippen molar-refractivity contribution < 1.29 is 24.2 Å². The number of carbonyl (C=O) groups is 2. The van der Waals surface area contributed by atoms with E-state index < -0.39 is 24.3 Å². The predicted octanol–water partition coefficient (Wildman–Crippen LogP) is 1.34. The van der Waals surface area contributed by atoms with Crippen molar-refractivity contribution in [2.24, 2.45) is 5.73 Å². The molecular formula is C13H17NO5S. The zero-order chi connectivity index (χ0) is 15.3. The smallest absolute Gasteiger partial charge is 0.406 e. The first-order valence-electron chi connectivity index (χ1n) is 5.88. The van der Waals surface area contributed by atoms with Crippen LogP contribution in [0.15, 0.2) is 23.1 Å². The molecular weight excluding hydrogens is 282 g/mol. The SMILES string of the molecule is CC(=O)OC[C@@H](c1ccc(C)cc1S)C(O)OC(N)=O. The number of benzene rings is 1. The van der Waals surface area contributed by atoms with Gasteiger partial charge in [-0.1, -0.05) is 17.7 Å². The molecule has 0 radical (unpaired) electrons. The predicted molar refractivity (Wildman–Crippen MR) is 74.5 cm³/mol. The summed E-state index contributed by atoms with van der Waals surface area (Å²) >= 11 is 4.31. The highest BCUT2D eigenvalue weighted by Crippen LogP contribution is 2.28. The van der Waals surface area contributed by atoms with Crippen molar-refractivity contribution in [1.29, 1.82) is 0 Å². The Balaban J connectivity index is 3.01. The third-order valence-corrected chi connectivity index (χ3v) is 3.02. The molecule has 0 fully saturated rings. The molecule has 1 aromatic rings. The van der Waals surface area contributed by atoms with Crippen molar-refractivity contribution in [3.05, 3.63) is 29.3 Å². The molecule has 7 heteroatoms. The number of carbonyl (C=O) groups excluding carboxylic acids is 2. The minimum Gasteiger partial charge on any atom is -0.465 e. The van der Waals surface area contributed by atoms with Gasteiger partial charge in [-0.25, -0.2) is 4.79 Å². The van der Waals surface area contributed by atoms with Gasteiger partial charge in [0.2, 0.25) is 6.29 Å². The van der Waals surface area contributed by atoms with Crippen LogP contribution in [0.25, 0.3) is 0 Å². The molecule has 1 amide bonds. The molecule has 0 aromatic heterocycles. The van der Waals surface area contributed by atoms with Crippen LogP contribution in [0.4, 0.5) is 4.79 Å². The molecule has 0 aliphatic carbocycles. The van der Waals surface area contributed by atoms with Gasteiger partial charge in [-0.15, -0.1) is 12.6 Å². The summed E-state index contributed by atoms with van der Waals surface area (Å²) in [5, 5.41) is 9.89. The Morgan fingerprint density at radius 1 is 1.45 bits per heavy atom. The van der Waals surface area contributed by atoms with Gasteiger partial charge in [0, 0.05) is 11.8 Å². The number of nitrogens with two attached hydrogens (primary N) is 1. The maximum atomic E-state index is 10.9. The maximum Gasteiger partial charge on any atom is 0.406 e. The quantitative estimate of drug-likeness (QED) is 0.433. The van der Waals surface area contributed by atoms with Gasteiger partial charge in [0.1, 0.15) is 6.61 Å². The Morgan fingerprint density at radius 2 is 2.10 bits per heavy atom. The summed E-state index contributed by atoms with van der Waals surface area (Å²) in [5.74, 6) is -1.27. The van der Waals surface area contributed by atoms with E-state index in [2.05, 4.69) is 17.4 Å². The first-order valence-corrected chi connectivity index (χ1v) is 6.33. The molecule has 0 spiro atoms. The van der Waals surface area contributed by atoms with E-state index in [9.17, 15) is 14.7 Å². The van der Waals surface area contributed by atoms with Crippen molar-refractivity contribution in [2.45, 2.75) is 31.0 Å². The minimum atomic E-state index is -1.53. The van der Waals surface area contributed by atoms with Crippen LogP contribution in [0.5, 0.6) is 0 Å². The zero-order valence-electron chi connectivity index (χ0n) is 11.2. The van der Waals surface area contributed by atoms with Gasteiger partial charge in [-0.2, -0.15) is 0 Å². The summed E-state index contributed by atoms with van der Waals surface area (Å²) in [6.07, 6.45) is -2.64. The van der Waals surface area contributed by atoms with Gasteiger partial charge in [0.15, 0.2) is 0 Å². The van der Waals surface area contributed by atoms with E-state index in [1.165, 1.54) is 6.92 Å². The summed E-state index contributed by atoms with van der Waals surface area (Å²) in [5.41, 5.74) is 6.45. The fourth-order valence-electron chi connectivity index (χ4n) is 1.70. The number of amides is 1. The largest absolute Gasteiger partial charge is 0.465 e. The van der Waals surface area contributed by atoms with Gasteiger partial charge in [0.25, 0.3) is 0 Å². The number of hydrogen-bond acceptors (Lipinski definition) is 6. The standard InChI is InChI=1S/C13H17NO5S/c1-7-3-4-9(11(20)5-7)10(6-18-8(2)15)12(16)19-13(14)17/h3-5,10,12,16,20H,6H2,1-2H3,(H2,14,17)/t10-,12?/m0/s1. The Bertz CT molecular complexity index is 506. The molecule has 0 aliphatic heterocycles. The molecule has 2 atom stereocenters. The zero-order valence-corrected chi connectivity index (χ0v) is 12.1. The molecule has 6 nitrogen and oxygen atoms in total. The molecule has 0 aliphatic rings. The highest BCUT2D eigenvalue weighted by molar-refractivity contribution is 7.80. The number of esters is 1. The highest BCUT2D eigenvalue weighted by Gasteiger charge is 2.27. The third kappa shape index (κ3) is 4.75. The van der Waals surface area contributed by atoms with Gasteiger partial charge in [0.05, 0.1) is 5.92 Å². The van der Waals surface area contributed by atoms with Crippen LogP contribution in [0.3, 0.4) is 0 Å². The van der Waals surface area contributed by atoms with Crippen LogP contribution >= 0.6 is 12.6 Å². The Kier molecular flexibility index (Phi) is 5.84. The van der Waals surface area contributed by atoms with Gasteiger partial charge in [-0.05, 0) is 18.6 Å². The lowest BCUT2D eigenvalue weighted by atomic mass is 9.98. The van der Waals surface area contributed by atoms with Crippen LogP contribution in [0.1, 0.15) is 24.0 Å². The van der Waals surface area contributed by atoms with Crippen molar-refractivity contribution in [1.82, 2.24) is 0 Å². The minimum absolute atomic E-state index is 0.152. The maximum absolute atomic E-state index is 10.9. The Labute approximate surface area is 122 Å². The molecule has 0 heterocycles. The lowest BCUT2D eigenvalue weighted by Gasteiger charge is -2.23. The van der Waals surface area contributed by atoms with Crippen LogP contribution in [0, 0.1) is 6.92 Å². The number of primary amides is 1. The van der Waals surface area contributed by atoms with Gasteiger partial charge in [-0.3, -0.25) is 4.79 Å². The van der Waals surface area contributed by atoms with Gasteiger partial charge < -0.3 is 20.3 Å². The van der Waals surface area contributed by atoms with E-state index in [0.717, 1.165) is 5.56 Å². The fourth-order valence-corrected chi connectivity index (χ4v) is 2.15. The second-order valence-electron chi connectivity index (χ2n) is 4.30. The summed E-state index contributed by atoms with van der Waals surface area (Å²) in [4.78, 5) is 22.2. The molecule has 0 bridgehead atoms. The monoisotopic (exact) mass is 299 g/mol. The third-order valence-electron chi connectivity index (χ3n) is 2.63. The number of aliphatic hydroxyl groups is 1. The second kappa shape index (κ2) is 7.16. The number of aryl methyl sites for hydroxylation is 1. The fraction of sp³-hybridized carbons (Fsp3) is 0.385. The first-order chi connectivity index (χ1) is 9.31. The van der Waals surface area contributed by atoms with Crippen molar-refractivity contribution in [2.75, 3.05) is 6.61 Å². The topological polar surface area (TPSA) is 98.8 Å². The normalized spacial score (nSPS) is 13.4. The highest BCUT2D eigenvalue weighted by atomic mass is 32.1. The second-order valence-corrected chi connectivity index (χ2v) is 4.78. The first kappa shape index (κ1) is 16.3. The van der Waals surface area contributed by atoms with Crippen molar-refractivity contribution >= 4 is 24.7 Å². The molecule has 1 rings (SSSR count). The van der Waals surface area contributed by atoms with Crippen LogP contribution in [-0.4, -0.2) is 30.1 Å². The van der Waals surface area contributed by atoms with Crippen molar-refractivity contribution in [3.8, 4) is 0 Å². The summed E-state index contributed by atoms with van der Waals surface area (Å²) < 4.78 is 9.43. The number of aliphatic hydroxyl groups excluding tert-OH is 1. The molecule has 1 aromatic carbocycles. The number of ether oxygens (including phenoxy) is 2. The van der Waals surface area contributed by atoms with Crippen molar-refractivity contribution in [3.63, 3.8) is 0 Å². The lowest BCUT2D eigenvalue weighted by Crippen LogP contribution is -2.31. The van der Waals surface area contributed by atoms with E-state index in [4.69, 9.17) is 10.5 Å².